The zero-order valence-corrected chi connectivity index (χ0v) is 15.3. The van der Waals surface area contributed by atoms with Gasteiger partial charge in [0.2, 0.25) is 5.91 Å². The lowest BCUT2D eigenvalue weighted by Gasteiger charge is -2.22. The van der Waals surface area contributed by atoms with E-state index in [0.29, 0.717) is 24.7 Å². The van der Waals surface area contributed by atoms with Crippen LogP contribution in [0.2, 0.25) is 5.02 Å². The minimum atomic E-state index is -0.322. The van der Waals surface area contributed by atoms with Crippen molar-refractivity contribution in [3.63, 3.8) is 0 Å². The molecule has 0 radical (unpaired) electrons. The second-order valence-corrected chi connectivity index (χ2v) is 6.22. The molecule has 0 fully saturated rings. The first-order valence-corrected chi connectivity index (χ1v) is 8.50. The van der Waals surface area contributed by atoms with Crippen molar-refractivity contribution in [2.24, 2.45) is 0 Å². The van der Waals surface area contributed by atoms with Gasteiger partial charge in [0.15, 0.2) is 0 Å². The van der Waals surface area contributed by atoms with Gasteiger partial charge in [-0.05, 0) is 38.0 Å². The number of methoxy groups -OCH3 is 1. The van der Waals surface area contributed by atoms with Crippen LogP contribution in [-0.2, 0) is 25.5 Å². The van der Waals surface area contributed by atoms with Crippen LogP contribution in [0.1, 0.15) is 32.3 Å². The summed E-state index contributed by atoms with van der Waals surface area (Å²) in [6, 6.07) is 7.19. The van der Waals surface area contributed by atoms with E-state index in [2.05, 4.69) is 4.74 Å². The monoisotopic (exact) mass is 355 g/mol. The molecule has 1 aromatic rings. The number of amides is 1. The Morgan fingerprint density at radius 3 is 2.42 bits per heavy atom. The molecular formula is C18H26ClNO4. The summed E-state index contributed by atoms with van der Waals surface area (Å²) in [5, 5.41) is 0.639. The van der Waals surface area contributed by atoms with Crippen LogP contribution in [0.5, 0.6) is 0 Å². The first-order chi connectivity index (χ1) is 11.4. The highest BCUT2D eigenvalue weighted by Crippen LogP contribution is 2.11. The normalized spacial score (nSPS) is 10.7. The highest BCUT2D eigenvalue weighted by atomic mass is 35.5. The summed E-state index contributed by atoms with van der Waals surface area (Å²) in [4.78, 5) is 25.6. The maximum atomic E-state index is 12.5. The number of hydrogen-bond donors (Lipinski definition) is 0. The van der Waals surface area contributed by atoms with E-state index < -0.39 is 0 Å². The van der Waals surface area contributed by atoms with E-state index in [1.54, 1.807) is 17.0 Å². The Kier molecular flexibility index (Phi) is 9.42. The van der Waals surface area contributed by atoms with Crippen LogP contribution in [0.3, 0.4) is 0 Å². The van der Waals surface area contributed by atoms with Crippen LogP contribution >= 0.6 is 11.6 Å². The van der Waals surface area contributed by atoms with Gasteiger partial charge in [0, 0.05) is 24.7 Å². The second kappa shape index (κ2) is 11.0. The zero-order chi connectivity index (χ0) is 17.9. The van der Waals surface area contributed by atoms with E-state index in [-0.39, 0.29) is 30.8 Å². The van der Waals surface area contributed by atoms with Crippen molar-refractivity contribution in [3.8, 4) is 0 Å². The summed E-state index contributed by atoms with van der Waals surface area (Å²) >= 11 is 5.86. The molecule has 0 aliphatic carbocycles. The molecule has 0 bridgehead atoms. The summed E-state index contributed by atoms with van der Waals surface area (Å²) < 4.78 is 10.2. The fourth-order valence-electron chi connectivity index (χ4n) is 2.15. The first-order valence-electron chi connectivity index (χ1n) is 8.13. The van der Waals surface area contributed by atoms with Gasteiger partial charge >= 0.3 is 5.97 Å². The molecule has 0 heterocycles. The summed E-state index contributed by atoms with van der Waals surface area (Å²) in [5.41, 5.74) is 0.894. The molecule has 24 heavy (non-hydrogen) atoms. The molecule has 5 nitrogen and oxygen atoms in total. The molecular weight excluding hydrogens is 330 g/mol. The number of carbonyl (C=O) groups is 2. The van der Waals surface area contributed by atoms with Crippen LogP contribution in [0.25, 0.3) is 0 Å². The largest absolute Gasteiger partial charge is 0.469 e. The fourth-order valence-corrected chi connectivity index (χ4v) is 2.28. The fraction of sp³-hybridized carbons (Fsp3) is 0.556. The summed E-state index contributed by atoms with van der Waals surface area (Å²) in [5.74, 6) is -0.344. The Labute approximate surface area is 148 Å². The number of halogens is 1. The van der Waals surface area contributed by atoms with Crippen molar-refractivity contribution in [1.82, 2.24) is 4.90 Å². The standard InChI is InChI=1S/C18H26ClNO4/c1-14(2)24-12-4-10-20(11-9-18(22)23-3)17(21)13-15-5-7-16(19)8-6-15/h5-8,14H,4,9-13H2,1-3H3. The van der Waals surface area contributed by atoms with Gasteiger partial charge in [-0.15, -0.1) is 0 Å². The Hall–Kier alpha value is -1.59. The molecule has 0 unspecified atom stereocenters. The van der Waals surface area contributed by atoms with E-state index in [1.807, 2.05) is 26.0 Å². The molecule has 0 aliphatic heterocycles. The van der Waals surface area contributed by atoms with Crippen LogP contribution < -0.4 is 0 Å². The maximum Gasteiger partial charge on any atom is 0.307 e. The van der Waals surface area contributed by atoms with Crippen molar-refractivity contribution in [1.29, 1.82) is 0 Å². The van der Waals surface area contributed by atoms with Crippen molar-refractivity contribution in [2.45, 2.75) is 39.2 Å². The maximum absolute atomic E-state index is 12.5. The molecule has 6 heteroatoms. The molecule has 0 aromatic heterocycles. The summed E-state index contributed by atoms with van der Waals surface area (Å²) in [7, 11) is 1.35. The third kappa shape index (κ3) is 8.31. The van der Waals surface area contributed by atoms with E-state index in [1.165, 1.54) is 7.11 Å². The number of rotatable bonds is 10. The Morgan fingerprint density at radius 1 is 1.17 bits per heavy atom. The average molecular weight is 356 g/mol. The number of carbonyl (C=O) groups excluding carboxylic acids is 2. The van der Waals surface area contributed by atoms with E-state index in [0.717, 1.165) is 12.0 Å². The van der Waals surface area contributed by atoms with Crippen LogP contribution in [0.4, 0.5) is 0 Å². The van der Waals surface area contributed by atoms with Crippen molar-refractivity contribution >= 4 is 23.5 Å². The van der Waals surface area contributed by atoms with Gasteiger partial charge in [-0.2, -0.15) is 0 Å². The zero-order valence-electron chi connectivity index (χ0n) is 14.6. The number of benzene rings is 1. The molecule has 0 aliphatic rings. The Bertz CT molecular complexity index is 516. The van der Waals surface area contributed by atoms with Crippen LogP contribution in [0.15, 0.2) is 24.3 Å². The molecule has 134 valence electrons. The topological polar surface area (TPSA) is 55.8 Å². The van der Waals surface area contributed by atoms with Crippen molar-refractivity contribution in [3.05, 3.63) is 34.9 Å². The molecule has 0 saturated carbocycles. The Morgan fingerprint density at radius 2 is 1.83 bits per heavy atom. The smallest absolute Gasteiger partial charge is 0.307 e. The van der Waals surface area contributed by atoms with E-state index in [9.17, 15) is 9.59 Å². The van der Waals surface area contributed by atoms with Gasteiger partial charge in [-0.3, -0.25) is 9.59 Å². The molecule has 1 rings (SSSR count). The minimum Gasteiger partial charge on any atom is -0.469 e. The lowest BCUT2D eigenvalue weighted by molar-refractivity contribution is -0.141. The SMILES string of the molecule is COC(=O)CCN(CCCOC(C)C)C(=O)Cc1ccc(Cl)cc1. The molecule has 0 spiro atoms. The van der Waals surface area contributed by atoms with Gasteiger partial charge in [0.25, 0.3) is 0 Å². The molecule has 0 N–H and O–H groups in total. The van der Waals surface area contributed by atoms with E-state index >= 15 is 0 Å². The summed E-state index contributed by atoms with van der Waals surface area (Å²) in [6.07, 6.45) is 1.36. The highest BCUT2D eigenvalue weighted by molar-refractivity contribution is 6.30. The third-order valence-electron chi connectivity index (χ3n) is 3.46. The first kappa shape index (κ1) is 20.5. The minimum absolute atomic E-state index is 0.0224. The molecule has 0 saturated heterocycles. The van der Waals surface area contributed by atoms with Crippen LogP contribution in [-0.4, -0.2) is 49.7 Å². The quantitative estimate of drug-likeness (QED) is 0.478. The van der Waals surface area contributed by atoms with E-state index in [4.69, 9.17) is 16.3 Å². The Balaban J connectivity index is 2.58. The molecule has 0 atom stereocenters. The van der Waals surface area contributed by atoms with Gasteiger partial charge in [0.1, 0.15) is 0 Å². The average Bonchev–Trinajstić information content (AvgIpc) is 2.55. The summed E-state index contributed by atoms with van der Waals surface area (Å²) in [6.45, 7) is 5.43. The van der Waals surface area contributed by atoms with Crippen LogP contribution in [0, 0.1) is 0 Å². The molecule has 1 aromatic carbocycles. The van der Waals surface area contributed by atoms with Gasteiger partial charge in [0.05, 0.1) is 26.1 Å². The lowest BCUT2D eigenvalue weighted by Crippen LogP contribution is -2.35. The highest BCUT2D eigenvalue weighted by Gasteiger charge is 2.15. The second-order valence-electron chi connectivity index (χ2n) is 5.78. The van der Waals surface area contributed by atoms with Gasteiger partial charge in [-0.25, -0.2) is 0 Å². The number of nitrogens with zero attached hydrogens (tertiary/aromatic N) is 1. The van der Waals surface area contributed by atoms with Gasteiger partial charge < -0.3 is 14.4 Å². The predicted octanol–water partition coefficient (Wildman–Crippen LogP) is 3.09. The number of esters is 1. The predicted molar refractivity (Wildman–Crippen MR) is 94.1 cm³/mol. The number of hydrogen-bond acceptors (Lipinski definition) is 4. The van der Waals surface area contributed by atoms with Crippen molar-refractivity contribution < 1.29 is 19.1 Å². The lowest BCUT2D eigenvalue weighted by atomic mass is 10.1. The third-order valence-corrected chi connectivity index (χ3v) is 3.71. The van der Waals surface area contributed by atoms with Crippen molar-refractivity contribution in [2.75, 3.05) is 26.8 Å². The molecule has 1 amide bonds. The van der Waals surface area contributed by atoms with Gasteiger partial charge in [-0.1, -0.05) is 23.7 Å². The number of ether oxygens (including phenoxy) is 2.